The molecule has 0 aromatic heterocycles. The number of hydrogen-bond acceptors (Lipinski definition) is 8. The predicted molar refractivity (Wildman–Crippen MR) is 182 cm³/mol. The van der Waals surface area contributed by atoms with Gasteiger partial charge < -0.3 is 9.47 Å². The summed E-state index contributed by atoms with van der Waals surface area (Å²) in [6.07, 6.45) is 8.46. The molecule has 0 radical (unpaired) electrons. The summed E-state index contributed by atoms with van der Waals surface area (Å²) in [6, 6.07) is 24.0. The Morgan fingerprint density at radius 2 is 1.15 bits per heavy atom. The van der Waals surface area contributed by atoms with Crippen molar-refractivity contribution in [3.05, 3.63) is 156 Å². The van der Waals surface area contributed by atoms with Gasteiger partial charge in [0.25, 0.3) is 0 Å². The second-order valence-electron chi connectivity index (χ2n) is 10.3. The van der Waals surface area contributed by atoms with Crippen LogP contribution in [0.15, 0.2) is 140 Å². The van der Waals surface area contributed by atoms with Crippen LogP contribution in [-0.2, 0) is 50.6 Å². The van der Waals surface area contributed by atoms with E-state index in [9.17, 15) is 26.4 Å². The molecule has 2 atom stereocenters. The van der Waals surface area contributed by atoms with Gasteiger partial charge in [0.1, 0.15) is 13.2 Å². The van der Waals surface area contributed by atoms with Crippen molar-refractivity contribution in [3.8, 4) is 0 Å². The quantitative estimate of drug-likeness (QED) is 0.112. The lowest BCUT2D eigenvalue weighted by atomic mass is 10.1. The zero-order chi connectivity index (χ0) is 34.1. The first-order valence-corrected chi connectivity index (χ1v) is 17.9. The van der Waals surface area contributed by atoms with Crippen LogP contribution in [0.2, 0.25) is 0 Å². The lowest BCUT2D eigenvalue weighted by molar-refractivity contribution is -0.141. The minimum Gasteiger partial charge on any atom is -0.460 e. The number of nitrogens with one attached hydrogen (secondary N) is 2. The van der Waals surface area contributed by atoms with Crippen molar-refractivity contribution < 1.29 is 35.9 Å². The van der Waals surface area contributed by atoms with E-state index >= 15 is 0 Å². The average Bonchev–Trinajstić information content (AvgIpc) is 3.04. The second kappa shape index (κ2) is 18.5. The van der Waals surface area contributed by atoms with Gasteiger partial charge in [-0.2, -0.15) is 0 Å². The number of ether oxygens (including phenoxy) is 2. The van der Waals surface area contributed by atoms with E-state index in [0.717, 1.165) is 12.2 Å². The van der Waals surface area contributed by atoms with Gasteiger partial charge in [-0.1, -0.05) is 122 Å². The highest BCUT2D eigenvalue weighted by atomic mass is 32.2. The molecule has 0 aliphatic heterocycles. The third-order valence-corrected chi connectivity index (χ3v) is 9.16. The van der Waals surface area contributed by atoms with E-state index in [4.69, 9.17) is 9.47 Å². The number of esters is 2. The molecule has 10 nitrogen and oxygen atoms in total. The van der Waals surface area contributed by atoms with Crippen LogP contribution < -0.4 is 9.44 Å². The van der Waals surface area contributed by atoms with Crippen molar-refractivity contribution in [3.63, 3.8) is 0 Å². The molecule has 0 saturated heterocycles. The normalized spacial score (nSPS) is 13.5. The van der Waals surface area contributed by atoms with E-state index in [1.165, 1.54) is 0 Å². The van der Waals surface area contributed by atoms with E-state index < -0.39 is 50.7 Å². The third-order valence-electron chi connectivity index (χ3n) is 6.45. The molecule has 2 N–H and O–H groups in total. The Balaban J connectivity index is 1.60. The number of rotatable bonds is 18. The van der Waals surface area contributed by atoms with Gasteiger partial charge in [0, 0.05) is 12.2 Å². The molecule has 12 heteroatoms. The van der Waals surface area contributed by atoms with Crippen LogP contribution in [0.5, 0.6) is 0 Å². The topological polar surface area (TPSA) is 145 Å². The number of carbonyl (C=O) groups is 2. The summed E-state index contributed by atoms with van der Waals surface area (Å²) in [7, 11) is -7.66. The summed E-state index contributed by atoms with van der Waals surface area (Å²) in [4.78, 5) is 24.9. The van der Waals surface area contributed by atoms with Crippen LogP contribution >= 0.6 is 0 Å². The van der Waals surface area contributed by atoms with Gasteiger partial charge in [0.2, 0.25) is 20.0 Å². The number of allylic oxidation sites excluding steroid dienone is 3. The van der Waals surface area contributed by atoms with E-state index in [1.54, 1.807) is 115 Å². The molecule has 0 aliphatic rings. The lowest BCUT2D eigenvalue weighted by Gasteiger charge is -2.19. The molecule has 0 fully saturated rings. The first kappa shape index (κ1) is 36.8. The second-order valence-corrected chi connectivity index (χ2v) is 13.8. The summed E-state index contributed by atoms with van der Waals surface area (Å²) in [5, 5.41) is 0. The molecular formula is C35H38N2O8S2. The molecule has 0 saturated carbocycles. The molecule has 0 aliphatic carbocycles. The van der Waals surface area contributed by atoms with Crippen molar-refractivity contribution in [1.82, 2.24) is 9.44 Å². The average molecular weight is 679 g/mol. The van der Waals surface area contributed by atoms with Gasteiger partial charge in [-0.3, -0.25) is 0 Å². The molecule has 3 aromatic rings. The van der Waals surface area contributed by atoms with Crippen LogP contribution in [-0.4, -0.2) is 48.0 Å². The summed E-state index contributed by atoms with van der Waals surface area (Å²) in [6.45, 7) is 4.98. The van der Waals surface area contributed by atoms with E-state index in [0.29, 0.717) is 22.3 Å². The predicted octanol–water partition coefficient (Wildman–Crippen LogP) is 4.67. The summed E-state index contributed by atoms with van der Waals surface area (Å²) < 4.78 is 67.1. The maximum absolute atomic E-state index is 12.9. The maximum Gasteiger partial charge on any atom is 0.331 e. The third kappa shape index (κ3) is 14.1. The van der Waals surface area contributed by atoms with Crippen molar-refractivity contribution in [2.45, 2.75) is 30.5 Å². The number of carbonyl (C=O) groups excluding carboxylic acids is 2. The summed E-state index contributed by atoms with van der Waals surface area (Å²) >= 11 is 0. The van der Waals surface area contributed by atoms with E-state index in [1.807, 2.05) is 6.92 Å². The smallest absolute Gasteiger partial charge is 0.331 e. The van der Waals surface area contributed by atoms with E-state index in [2.05, 4.69) is 16.0 Å². The van der Waals surface area contributed by atoms with Gasteiger partial charge in [0.05, 0.1) is 23.6 Å². The van der Waals surface area contributed by atoms with E-state index in [-0.39, 0.29) is 18.1 Å². The molecule has 0 bridgehead atoms. The highest BCUT2D eigenvalue weighted by molar-refractivity contribution is 7.89. The fourth-order valence-electron chi connectivity index (χ4n) is 4.17. The molecule has 3 aromatic carbocycles. The minimum atomic E-state index is -3.85. The fourth-order valence-corrected chi connectivity index (χ4v) is 6.89. The molecule has 0 heterocycles. The van der Waals surface area contributed by atoms with Gasteiger partial charge in [0.15, 0.2) is 0 Å². The Bertz CT molecular complexity index is 1770. The molecule has 3 rings (SSSR count). The Morgan fingerprint density at radius 1 is 0.681 bits per heavy atom. The van der Waals surface area contributed by atoms with Crippen molar-refractivity contribution in [2.75, 3.05) is 13.2 Å². The Labute approximate surface area is 276 Å². The van der Waals surface area contributed by atoms with Crippen molar-refractivity contribution in [1.29, 1.82) is 0 Å². The van der Waals surface area contributed by atoms with Crippen LogP contribution in [0.3, 0.4) is 0 Å². The fraction of sp³-hybridized carbons (Fsp3) is 0.200. The lowest BCUT2D eigenvalue weighted by Crippen LogP contribution is -2.40. The van der Waals surface area contributed by atoms with Gasteiger partial charge in [-0.25, -0.2) is 35.9 Å². The number of sulfonamides is 2. The highest BCUT2D eigenvalue weighted by Gasteiger charge is 2.23. The molecule has 0 amide bonds. The van der Waals surface area contributed by atoms with Crippen molar-refractivity contribution in [2.24, 2.45) is 0 Å². The van der Waals surface area contributed by atoms with Crippen LogP contribution in [0.1, 0.15) is 29.7 Å². The molecular weight excluding hydrogens is 641 g/mol. The summed E-state index contributed by atoms with van der Waals surface area (Å²) in [5.74, 6) is -2.40. The first-order chi connectivity index (χ1) is 22.5. The largest absolute Gasteiger partial charge is 0.460 e. The zero-order valence-corrected chi connectivity index (χ0v) is 27.5. The zero-order valence-electron chi connectivity index (χ0n) is 25.9. The highest BCUT2D eigenvalue weighted by Crippen LogP contribution is 2.17. The Morgan fingerprint density at radius 3 is 1.66 bits per heavy atom. The SMILES string of the molecule is C=C(/C=C\C=C/C)[C@@H](COC(=O)/C=C/C(=O)OC[C@@H](NS(=O)(=O)Cc1ccccc1)c1ccccc1)NS(=O)(=O)Cc1ccccc1. The molecule has 0 spiro atoms. The first-order valence-electron chi connectivity index (χ1n) is 14.6. The molecule has 248 valence electrons. The summed E-state index contributed by atoms with van der Waals surface area (Å²) in [5.41, 5.74) is 2.09. The van der Waals surface area contributed by atoms with Crippen molar-refractivity contribution >= 4 is 32.0 Å². The van der Waals surface area contributed by atoms with Crippen LogP contribution in [0.4, 0.5) is 0 Å². The van der Waals surface area contributed by atoms with Gasteiger partial charge in [-0.15, -0.1) is 0 Å². The Kier molecular flexibility index (Phi) is 14.5. The van der Waals surface area contributed by atoms with Crippen LogP contribution in [0, 0.1) is 0 Å². The number of hydrogen-bond donors (Lipinski definition) is 2. The molecule has 0 unspecified atom stereocenters. The van der Waals surface area contributed by atoms with Crippen LogP contribution in [0.25, 0.3) is 0 Å². The van der Waals surface area contributed by atoms with Gasteiger partial charge in [-0.05, 0) is 29.2 Å². The Hall–Kier alpha value is -4.62. The van der Waals surface area contributed by atoms with Gasteiger partial charge >= 0.3 is 11.9 Å². The maximum atomic E-state index is 12.9. The number of benzene rings is 3. The monoisotopic (exact) mass is 678 g/mol. The molecule has 47 heavy (non-hydrogen) atoms. The standard InChI is InChI=1S/C35H38N2O8S2/c1-3-4-8-15-28(2)32(36-46(40,41)26-29-16-9-5-10-17-29)24-44-34(38)22-23-35(39)45-25-33(31-20-13-7-14-21-31)37-47(42,43)27-30-18-11-6-12-19-30/h3-23,32-33,36-37H,2,24-27H2,1H3/b4-3-,15-8-,23-22+/t32-,33-/m1/s1. The minimum absolute atomic E-state index is 0.266.